The van der Waals surface area contributed by atoms with Crippen LogP contribution in [0.2, 0.25) is 0 Å². The number of nitrogens with one attached hydrogen (secondary N) is 1. The maximum absolute atomic E-state index is 3.60. The molecule has 108 valence electrons. The van der Waals surface area contributed by atoms with Crippen molar-refractivity contribution in [1.29, 1.82) is 0 Å². The summed E-state index contributed by atoms with van der Waals surface area (Å²) in [5, 5.41) is 3.60. The Hall–Kier alpha value is -1.22. The molecule has 0 radical (unpaired) electrons. The van der Waals surface area contributed by atoms with Crippen LogP contribution in [0.25, 0.3) is 0 Å². The third kappa shape index (κ3) is 1.91. The highest BCUT2D eigenvalue weighted by atomic mass is 15.3. The molecule has 3 aliphatic rings. The number of hydrogen-bond donors (Lipinski definition) is 1. The third-order valence-electron chi connectivity index (χ3n) is 5.33. The summed E-state index contributed by atoms with van der Waals surface area (Å²) in [5.41, 5.74) is 4.49. The largest absolute Gasteiger partial charge is 0.365 e. The van der Waals surface area contributed by atoms with Crippen LogP contribution in [-0.2, 0) is 6.54 Å². The first kappa shape index (κ1) is 12.5. The molecule has 3 nitrogen and oxygen atoms in total. The zero-order chi connectivity index (χ0) is 13.5. The third-order valence-corrected chi connectivity index (χ3v) is 5.33. The molecule has 0 bridgehead atoms. The number of hydrogen-bond acceptors (Lipinski definition) is 3. The molecule has 0 saturated heterocycles. The Morgan fingerprint density at radius 2 is 1.90 bits per heavy atom. The lowest BCUT2D eigenvalue weighted by molar-refractivity contribution is 0.542. The standard InChI is InChI=1S/C17H25N3/c1-13-11-18-12-14-5-4-8-16-17(14)19(13)9-10-20(16)15-6-2-3-7-15/h4-5,8,13,15,18H,2-3,6-7,9-12H2,1H3. The van der Waals surface area contributed by atoms with E-state index < -0.39 is 0 Å². The minimum atomic E-state index is 0.600. The summed E-state index contributed by atoms with van der Waals surface area (Å²) in [7, 11) is 0. The van der Waals surface area contributed by atoms with Crippen LogP contribution in [0.5, 0.6) is 0 Å². The van der Waals surface area contributed by atoms with E-state index in [2.05, 4.69) is 40.2 Å². The summed E-state index contributed by atoms with van der Waals surface area (Å²) in [6.45, 7) is 6.85. The summed E-state index contributed by atoms with van der Waals surface area (Å²) in [5.74, 6) is 0. The molecule has 20 heavy (non-hydrogen) atoms. The normalized spacial score (nSPS) is 26.6. The first-order valence-electron chi connectivity index (χ1n) is 8.20. The lowest BCUT2D eigenvalue weighted by Gasteiger charge is -2.44. The molecule has 1 fully saturated rings. The van der Waals surface area contributed by atoms with E-state index >= 15 is 0 Å². The van der Waals surface area contributed by atoms with E-state index in [-0.39, 0.29) is 0 Å². The van der Waals surface area contributed by atoms with Crippen LogP contribution < -0.4 is 15.1 Å². The molecule has 0 spiro atoms. The molecule has 1 aliphatic carbocycles. The smallest absolute Gasteiger partial charge is 0.0653 e. The van der Waals surface area contributed by atoms with E-state index in [1.54, 1.807) is 0 Å². The maximum atomic E-state index is 3.60. The fourth-order valence-electron chi connectivity index (χ4n) is 4.29. The zero-order valence-electron chi connectivity index (χ0n) is 12.4. The van der Waals surface area contributed by atoms with Gasteiger partial charge in [-0.1, -0.05) is 25.0 Å². The summed E-state index contributed by atoms with van der Waals surface area (Å²) >= 11 is 0. The van der Waals surface area contributed by atoms with Crippen molar-refractivity contribution in [2.24, 2.45) is 0 Å². The van der Waals surface area contributed by atoms with Gasteiger partial charge in [0.05, 0.1) is 11.4 Å². The monoisotopic (exact) mass is 271 g/mol. The average Bonchev–Trinajstić information content (AvgIpc) is 2.94. The van der Waals surface area contributed by atoms with Gasteiger partial charge in [0, 0.05) is 38.3 Å². The predicted octanol–water partition coefficient (Wildman–Crippen LogP) is 2.75. The van der Waals surface area contributed by atoms with E-state index in [0.29, 0.717) is 6.04 Å². The second kappa shape index (κ2) is 4.96. The fraction of sp³-hybridized carbons (Fsp3) is 0.647. The van der Waals surface area contributed by atoms with Gasteiger partial charge in [-0.05, 0) is 31.4 Å². The molecule has 1 saturated carbocycles. The molecule has 2 heterocycles. The zero-order valence-corrected chi connectivity index (χ0v) is 12.4. The Balaban J connectivity index is 1.78. The van der Waals surface area contributed by atoms with Crippen LogP contribution in [0.1, 0.15) is 38.2 Å². The van der Waals surface area contributed by atoms with Gasteiger partial charge in [0.2, 0.25) is 0 Å². The first-order valence-corrected chi connectivity index (χ1v) is 8.20. The summed E-state index contributed by atoms with van der Waals surface area (Å²) in [6, 6.07) is 8.28. The minimum Gasteiger partial charge on any atom is -0.365 e. The van der Waals surface area contributed by atoms with Crippen molar-refractivity contribution in [2.45, 2.75) is 51.2 Å². The average molecular weight is 271 g/mol. The molecular weight excluding hydrogens is 246 g/mol. The highest BCUT2D eigenvalue weighted by Gasteiger charge is 2.33. The Morgan fingerprint density at radius 3 is 2.75 bits per heavy atom. The SMILES string of the molecule is CC1CNCc2cccc3c2N1CCN3C1CCCC1. The van der Waals surface area contributed by atoms with E-state index in [1.807, 2.05) is 0 Å². The predicted molar refractivity (Wildman–Crippen MR) is 84.6 cm³/mol. The Labute approximate surface area is 121 Å². The molecule has 1 atom stereocenters. The van der Waals surface area contributed by atoms with Crippen LogP contribution in [0.15, 0.2) is 18.2 Å². The van der Waals surface area contributed by atoms with Crippen molar-refractivity contribution in [3.63, 3.8) is 0 Å². The maximum Gasteiger partial charge on any atom is 0.0653 e. The quantitative estimate of drug-likeness (QED) is 0.847. The molecule has 1 N–H and O–H groups in total. The molecular formula is C17H25N3. The fourth-order valence-corrected chi connectivity index (χ4v) is 4.29. The highest BCUT2D eigenvalue weighted by molar-refractivity contribution is 5.78. The number of anilines is 2. The van der Waals surface area contributed by atoms with Crippen molar-refractivity contribution in [3.05, 3.63) is 23.8 Å². The van der Waals surface area contributed by atoms with Gasteiger partial charge in [0.15, 0.2) is 0 Å². The van der Waals surface area contributed by atoms with E-state index in [4.69, 9.17) is 0 Å². The van der Waals surface area contributed by atoms with Gasteiger partial charge in [0.25, 0.3) is 0 Å². The van der Waals surface area contributed by atoms with Gasteiger partial charge >= 0.3 is 0 Å². The van der Waals surface area contributed by atoms with Crippen LogP contribution in [0.4, 0.5) is 11.4 Å². The van der Waals surface area contributed by atoms with Crippen molar-refractivity contribution < 1.29 is 0 Å². The van der Waals surface area contributed by atoms with Crippen molar-refractivity contribution in [1.82, 2.24) is 5.32 Å². The molecule has 3 heteroatoms. The van der Waals surface area contributed by atoms with Gasteiger partial charge in [-0.2, -0.15) is 0 Å². The second-order valence-corrected chi connectivity index (χ2v) is 6.59. The summed E-state index contributed by atoms with van der Waals surface area (Å²) < 4.78 is 0. The van der Waals surface area contributed by atoms with Crippen molar-refractivity contribution in [2.75, 3.05) is 29.4 Å². The molecule has 1 aromatic rings. The Bertz CT molecular complexity index is 493. The summed E-state index contributed by atoms with van der Waals surface area (Å²) in [4.78, 5) is 5.34. The number of nitrogens with zero attached hydrogens (tertiary/aromatic N) is 2. The topological polar surface area (TPSA) is 18.5 Å². The Kier molecular flexibility index (Phi) is 3.10. The van der Waals surface area contributed by atoms with Gasteiger partial charge < -0.3 is 15.1 Å². The van der Waals surface area contributed by atoms with Crippen molar-refractivity contribution in [3.8, 4) is 0 Å². The van der Waals surface area contributed by atoms with Crippen LogP contribution in [-0.4, -0.2) is 31.7 Å². The van der Waals surface area contributed by atoms with E-state index in [0.717, 1.165) is 19.1 Å². The number of rotatable bonds is 1. The summed E-state index contributed by atoms with van der Waals surface area (Å²) in [6.07, 6.45) is 5.60. The van der Waals surface area contributed by atoms with E-state index in [1.165, 1.54) is 55.7 Å². The van der Waals surface area contributed by atoms with E-state index in [9.17, 15) is 0 Å². The lowest BCUT2D eigenvalue weighted by Crippen LogP contribution is -2.49. The lowest BCUT2D eigenvalue weighted by atomic mass is 10.0. The van der Waals surface area contributed by atoms with Gasteiger partial charge in [-0.15, -0.1) is 0 Å². The Morgan fingerprint density at radius 1 is 1.10 bits per heavy atom. The van der Waals surface area contributed by atoms with Gasteiger partial charge in [-0.25, -0.2) is 0 Å². The van der Waals surface area contributed by atoms with Crippen molar-refractivity contribution >= 4 is 11.4 Å². The number of para-hydroxylation sites is 1. The van der Waals surface area contributed by atoms with Gasteiger partial charge in [-0.3, -0.25) is 0 Å². The second-order valence-electron chi connectivity index (χ2n) is 6.59. The molecule has 4 rings (SSSR count). The highest BCUT2D eigenvalue weighted by Crippen LogP contribution is 2.41. The van der Waals surface area contributed by atoms with Crippen LogP contribution in [0, 0.1) is 0 Å². The molecule has 1 unspecified atom stereocenters. The molecule has 0 amide bonds. The number of benzene rings is 1. The minimum absolute atomic E-state index is 0.600. The first-order chi connectivity index (χ1) is 9.84. The molecule has 1 aromatic carbocycles. The molecule has 0 aromatic heterocycles. The van der Waals surface area contributed by atoms with Crippen LogP contribution >= 0.6 is 0 Å². The van der Waals surface area contributed by atoms with Gasteiger partial charge in [0.1, 0.15) is 0 Å². The van der Waals surface area contributed by atoms with Crippen LogP contribution in [0.3, 0.4) is 0 Å². The molecule has 2 aliphatic heterocycles.